The molecule has 0 radical (unpaired) electrons. The maximum Gasteiger partial charge on any atom is 0.323 e. The molecule has 0 aliphatic carbocycles. The topological polar surface area (TPSA) is 83.6 Å². The maximum atomic E-state index is 13.5. The Morgan fingerprint density at radius 2 is 2.17 bits per heavy atom. The largest absolute Gasteiger partial charge is 0.480 e. The van der Waals surface area contributed by atoms with Crippen molar-refractivity contribution in [1.29, 1.82) is 0 Å². The van der Waals surface area contributed by atoms with Gasteiger partial charge in [0.15, 0.2) is 0 Å². The Morgan fingerprint density at radius 1 is 1.50 bits per heavy atom. The third kappa shape index (κ3) is 3.22. The molecule has 6 heteroatoms. The summed E-state index contributed by atoms with van der Waals surface area (Å²) >= 11 is 0. The van der Waals surface area contributed by atoms with E-state index in [1.54, 1.807) is 0 Å². The lowest BCUT2D eigenvalue weighted by Crippen LogP contribution is -2.36. The van der Waals surface area contributed by atoms with Gasteiger partial charge in [-0.3, -0.25) is 9.59 Å². The van der Waals surface area contributed by atoms with E-state index >= 15 is 0 Å². The predicted molar refractivity (Wildman–Crippen MR) is 63.2 cm³/mol. The molecule has 0 unspecified atom stereocenters. The van der Waals surface area contributed by atoms with Crippen LogP contribution in [0.5, 0.6) is 0 Å². The average molecular weight is 250 g/mol. The van der Waals surface area contributed by atoms with Gasteiger partial charge in [-0.2, -0.15) is 0 Å². The maximum absolute atomic E-state index is 13.5. The fraction of sp³-hybridized carbons (Fsp3) is 0.167. The second-order valence-electron chi connectivity index (χ2n) is 3.50. The highest BCUT2D eigenvalue weighted by Crippen LogP contribution is 2.14. The number of terminal acetylenes is 1. The second-order valence-corrected chi connectivity index (χ2v) is 3.50. The molecule has 0 spiro atoms. The van der Waals surface area contributed by atoms with E-state index in [-0.39, 0.29) is 17.8 Å². The van der Waals surface area contributed by atoms with Gasteiger partial charge in [0.1, 0.15) is 12.4 Å². The third-order valence-electron chi connectivity index (χ3n) is 2.12. The molecule has 18 heavy (non-hydrogen) atoms. The van der Waals surface area contributed by atoms with Gasteiger partial charge in [-0.05, 0) is 18.2 Å². The summed E-state index contributed by atoms with van der Waals surface area (Å²) in [5.41, 5.74) is 5.26. The van der Waals surface area contributed by atoms with E-state index in [1.165, 1.54) is 12.1 Å². The van der Waals surface area contributed by atoms with E-state index in [1.807, 2.05) is 0 Å². The van der Waals surface area contributed by atoms with Crippen LogP contribution in [0.2, 0.25) is 0 Å². The van der Waals surface area contributed by atoms with Crippen molar-refractivity contribution in [3.8, 4) is 12.3 Å². The number of carboxylic acid groups (broad SMARTS) is 1. The highest BCUT2D eigenvalue weighted by Gasteiger charge is 2.20. The minimum atomic E-state index is -1.23. The molecular formula is C12H11FN2O3. The molecule has 0 aromatic heterocycles. The van der Waals surface area contributed by atoms with Gasteiger partial charge in [0.25, 0.3) is 5.91 Å². The highest BCUT2D eigenvalue weighted by atomic mass is 19.1. The van der Waals surface area contributed by atoms with Crippen molar-refractivity contribution >= 4 is 17.6 Å². The molecule has 0 saturated carbocycles. The zero-order valence-corrected chi connectivity index (χ0v) is 9.39. The molecule has 0 fully saturated rings. The number of carbonyl (C=O) groups excluding carboxylic acids is 1. The first-order valence-electron chi connectivity index (χ1n) is 4.95. The SMILES string of the molecule is C#CCN(CC(=O)O)C(=O)c1ccc(N)cc1F. The molecule has 3 N–H and O–H groups in total. The monoisotopic (exact) mass is 250 g/mol. The van der Waals surface area contributed by atoms with Gasteiger partial charge >= 0.3 is 5.97 Å². The van der Waals surface area contributed by atoms with Gasteiger partial charge < -0.3 is 15.7 Å². The van der Waals surface area contributed by atoms with Crippen LogP contribution in [0.15, 0.2) is 18.2 Å². The van der Waals surface area contributed by atoms with Crippen LogP contribution in [0.3, 0.4) is 0 Å². The molecule has 0 atom stereocenters. The Labute approximate surface area is 103 Å². The van der Waals surface area contributed by atoms with Gasteiger partial charge in [0, 0.05) is 5.69 Å². The van der Waals surface area contributed by atoms with Crippen LogP contribution < -0.4 is 5.73 Å². The number of halogens is 1. The molecule has 0 aliphatic heterocycles. The Hall–Kier alpha value is -2.55. The van der Waals surface area contributed by atoms with Crippen molar-refractivity contribution in [3.05, 3.63) is 29.6 Å². The number of rotatable bonds is 4. The smallest absolute Gasteiger partial charge is 0.323 e. The van der Waals surface area contributed by atoms with Crippen LogP contribution in [-0.4, -0.2) is 35.0 Å². The molecule has 1 aromatic rings. The van der Waals surface area contributed by atoms with Crippen LogP contribution in [0.1, 0.15) is 10.4 Å². The summed E-state index contributed by atoms with van der Waals surface area (Å²) in [4.78, 5) is 23.3. The Morgan fingerprint density at radius 3 is 2.67 bits per heavy atom. The highest BCUT2D eigenvalue weighted by molar-refractivity contribution is 5.96. The summed E-state index contributed by atoms with van der Waals surface area (Å²) in [6.07, 6.45) is 5.03. The number of amides is 1. The third-order valence-corrected chi connectivity index (χ3v) is 2.12. The molecule has 0 saturated heterocycles. The van der Waals surface area contributed by atoms with Crippen LogP contribution in [0, 0.1) is 18.2 Å². The van der Waals surface area contributed by atoms with E-state index in [2.05, 4.69) is 5.92 Å². The summed E-state index contributed by atoms with van der Waals surface area (Å²) in [7, 11) is 0. The lowest BCUT2D eigenvalue weighted by Gasteiger charge is -2.18. The number of nitrogen functional groups attached to an aromatic ring is 1. The molecule has 94 valence electrons. The van der Waals surface area contributed by atoms with E-state index < -0.39 is 24.2 Å². The summed E-state index contributed by atoms with van der Waals surface area (Å²) in [6.45, 7) is -0.804. The van der Waals surface area contributed by atoms with Crippen molar-refractivity contribution < 1.29 is 19.1 Å². The first-order chi connectivity index (χ1) is 8.45. The van der Waals surface area contributed by atoms with Gasteiger partial charge in [0.05, 0.1) is 12.1 Å². The molecule has 0 bridgehead atoms. The number of hydrogen-bond acceptors (Lipinski definition) is 3. The number of aliphatic carboxylic acids is 1. The molecule has 1 rings (SSSR count). The number of nitrogens with two attached hydrogens (primary N) is 1. The normalized spacial score (nSPS) is 9.56. The molecule has 0 heterocycles. The zero-order valence-electron chi connectivity index (χ0n) is 9.39. The number of anilines is 1. The van der Waals surface area contributed by atoms with Crippen LogP contribution >= 0.6 is 0 Å². The molecular weight excluding hydrogens is 239 g/mol. The molecule has 5 nitrogen and oxygen atoms in total. The first kappa shape index (κ1) is 13.5. The van der Waals surface area contributed by atoms with Crippen molar-refractivity contribution in [1.82, 2.24) is 4.90 Å². The van der Waals surface area contributed by atoms with Crippen LogP contribution in [0.25, 0.3) is 0 Å². The Bertz CT molecular complexity index is 523. The number of hydrogen-bond donors (Lipinski definition) is 2. The quantitative estimate of drug-likeness (QED) is 0.604. The lowest BCUT2D eigenvalue weighted by molar-refractivity contribution is -0.137. The van der Waals surface area contributed by atoms with E-state index in [4.69, 9.17) is 17.3 Å². The van der Waals surface area contributed by atoms with Gasteiger partial charge in [-0.15, -0.1) is 6.42 Å². The summed E-state index contributed by atoms with van der Waals surface area (Å²) in [6, 6.07) is 3.53. The lowest BCUT2D eigenvalue weighted by atomic mass is 10.1. The summed E-state index contributed by atoms with van der Waals surface area (Å²) in [5, 5.41) is 8.64. The predicted octanol–water partition coefficient (Wildman–Crippen LogP) is 0.568. The van der Waals surface area contributed by atoms with E-state index in [0.29, 0.717) is 0 Å². The minimum absolute atomic E-state index is 0.172. The molecule has 0 aliphatic rings. The summed E-state index contributed by atoms with van der Waals surface area (Å²) < 4.78 is 13.5. The fourth-order valence-electron chi connectivity index (χ4n) is 1.35. The second kappa shape index (κ2) is 5.68. The standard InChI is InChI=1S/C12H11FN2O3/c1-2-5-15(7-11(16)17)12(18)9-4-3-8(14)6-10(9)13/h1,3-4,6H,5,7,14H2,(H,16,17). The molecule has 1 amide bonds. The Balaban J connectivity index is 3.02. The van der Waals surface area contributed by atoms with Crippen molar-refractivity contribution in [2.24, 2.45) is 0 Å². The average Bonchev–Trinajstić information content (AvgIpc) is 2.27. The first-order valence-corrected chi connectivity index (χ1v) is 4.95. The number of benzene rings is 1. The van der Waals surface area contributed by atoms with Crippen molar-refractivity contribution in [2.75, 3.05) is 18.8 Å². The minimum Gasteiger partial charge on any atom is -0.480 e. The number of carbonyl (C=O) groups is 2. The Kier molecular flexibility index (Phi) is 4.27. The van der Waals surface area contributed by atoms with Crippen LogP contribution in [0.4, 0.5) is 10.1 Å². The number of nitrogens with zero attached hydrogens (tertiary/aromatic N) is 1. The number of carboxylic acids is 1. The zero-order chi connectivity index (χ0) is 13.7. The fourth-order valence-corrected chi connectivity index (χ4v) is 1.35. The van der Waals surface area contributed by atoms with Crippen molar-refractivity contribution in [3.63, 3.8) is 0 Å². The van der Waals surface area contributed by atoms with Gasteiger partial charge in [-0.1, -0.05) is 5.92 Å². The van der Waals surface area contributed by atoms with E-state index in [0.717, 1.165) is 11.0 Å². The van der Waals surface area contributed by atoms with E-state index in [9.17, 15) is 14.0 Å². The molecule has 1 aromatic carbocycles. The summed E-state index contributed by atoms with van der Waals surface area (Å²) in [5.74, 6) is -0.675. The van der Waals surface area contributed by atoms with Crippen LogP contribution in [-0.2, 0) is 4.79 Å². The van der Waals surface area contributed by atoms with Crippen molar-refractivity contribution in [2.45, 2.75) is 0 Å². The van der Waals surface area contributed by atoms with Gasteiger partial charge in [0.2, 0.25) is 0 Å². The van der Waals surface area contributed by atoms with Gasteiger partial charge in [-0.25, -0.2) is 4.39 Å².